The van der Waals surface area contributed by atoms with Crippen molar-refractivity contribution in [2.75, 3.05) is 4.90 Å². The van der Waals surface area contributed by atoms with Gasteiger partial charge in [-0.1, -0.05) is 185 Å². The van der Waals surface area contributed by atoms with Gasteiger partial charge in [-0.05, 0) is 91.4 Å². The van der Waals surface area contributed by atoms with Crippen LogP contribution in [-0.2, 0) is 10.8 Å². The summed E-state index contributed by atoms with van der Waals surface area (Å²) in [4.78, 5) is 2.55. The first-order valence-electron chi connectivity index (χ1n) is 21.1. The van der Waals surface area contributed by atoms with E-state index in [1.54, 1.807) is 0 Å². The molecule has 0 N–H and O–H groups in total. The number of anilines is 3. The molecule has 12 rings (SSSR count). The SMILES string of the molecule is CC1(C)c2ccccc2-c2ccc(N(c3ccc(-c4cccc5c4oc4ccccc45)cc3)c3c(-c4ccccc4)c4c(c5ccccc35)C(C)(C)c3ccccc3-4)cc21. The third kappa shape index (κ3) is 4.82. The minimum atomic E-state index is -0.193. The normalized spacial score (nSPS) is 14.3. The van der Waals surface area contributed by atoms with Crippen LogP contribution in [0.25, 0.3) is 77.2 Å². The molecule has 10 aromatic rings. The number of hydrogen-bond donors (Lipinski definition) is 0. The lowest BCUT2D eigenvalue weighted by molar-refractivity contribution is 0.660. The van der Waals surface area contributed by atoms with Gasteiger partial charge in [0.25, 0.3) is 0 Å². The van der Waals surface area contributed by atoms with Crippen molar-refractivity contribution in [3.8, 4) is 44.5 Å². The van der Waals surface area contributed by atoms with Gasteiger partial charge >= 0.3 is 0 Å². The van der Waals surface area contributed by atoms with E-state index in [1.165, 1.54) is 72.1 Å². The van der Waals surface area contributed by atoms with Crippen LogP contribution in [0.1, 0.15) is 49.9 Å². The van der Waals surface area contributed by atoms with Crippen molar-refractivity contribution in [3.05, 3.63) is 210 Å². The van der Waals surface area contributed by atoms with Crippen molar-refractivity contribution in [2.45, 2.75) is 38.5 Å². The Hall–Kier alpha value is -7.16. The highest BCUT2D eigenvalue weighted by Gasteiger charge is 2.41. The smallest absolute Gasteiger partial charge is 0.143 e. The van der Waals surface area contributed by atoms with Gasteiger partial charge in [-0.3, -0.25) is 0 Å². The Morgan fingerprint density at radius 1 is 0.383 bits per heavy atom. The molecule has 0 fully saturated rings. The van der Waals surface area contributed by atoms with Crippen LogP contribution < -0.4 is 4.90 Å². The summed E-state index contributed by atoms with van der Waals surface area (Å²) < 4.78 is 6.53. The monoisotopic (exact) mass is 769 g/mol. The van der Waals surface area contributed by atoms with Gasteiger partial charge in [-0.25, -0.2) is 0 Å². The predicted molar refractivity (Wildman–Crippen MR) is 252 cm³/mol. The van der Waals surface area contributed by atoms with Gasteiger partial charge < -0.3 is 9.32 Å². The van der Waals surface area contributed by atoms with Crippen LogP contribution in [0, 0.1) is 0 Å². The Labute approximate surface area is 351 Å². The van der Waals surface area contributed by atoms with E-state index >= 15 is 0 Å². The summed E-state index contributed by atoms with van der Waals surface area (Å²) in [6, 6.07) is 69.3. The Balaban J connectivity index is 1.16. The lowest BCUT2D eigenvalue weighted by atomic mass is 9.78. The van der Waals surface area contributed by atoms with Crippen molar-refractivity contribution in [3.63, 3.8) is 0 Å². The summed E-state index contributed by atoms with van der Waals surface area (Å²) in [6.07, 6.45) is 0. The maximum absolute atomic E-state index is 6.53. The average molecular weight is 770 g/mol. The van der Waals surface area contributed by atoms with Crippen molar-refractivity contribution in [1.29, 1.82) is 0 Å². The van der Waals surface area contributed by atoms with Crippen molar-refractivity contribution >= 4 is 49.8 Å². The van der Waals surface area contributed by atoms with E-state index in [2.05, 4.69) is 215 Å². The number of para-hydroxylation sites is 2. The van der Waals surface area contributed by atoms with Gasteiger partial charge in [0.05, 0.1) is 5.69 Å². The molecule has 1 aromatic heterocycles. The van der Waals surface area contributed by atoms with Crippen molar-refractivity contribution in [1.82, 2.24) is 0 Å². The molecule has 0 atom stereocenters. The van der Waals surface area contributed by atoms with Crippen LogP contribution in [0.3, 0.4) is 0 Å². The number of benzene rings is 9. The topological polar surface area (TPSA) is 16.4 Å². The molecular weight excluding hydrogens is 727 g/mol. The van der Waals surface area contributed by atoms with Gasteiger partial charge in [0.2, 0.25) is 0 Å². The number of hydrogen-bond acceptors (Lipinski definition) is 2. The molecule has 2 nitrogen and oxygen atoms in total. The van der Waals surface area contributed by atoms with E-state index in [9.17, 15) is 0 Å². The first-order valence-corrected chi connectivity index (χ1v) is 21.1. The Bertz CT molecular complexity index is 3370. The molecular formula is C58H43NO. The molecule has 0 spiro atoms. The molecule has 0 amide bonds. The van der Waals surface area contributed by atoms with Crippen LogP contribution in [0.4, 0.5) is 17.1 Å². The van der Waals surface area contributed by atoms with Crippen LogP contribution in [-0.4, -0.2) is 0 Å². The zero-order valence-electron chi connectivity index (χ0n) is 34.3. The molecule has 60 heavy (non-hydrogen) atoms. The van der Waals surface area contributed by atoms with Gasteiger partial charge in [0.1, 0.15) is 11.2 Å². The number of fused-ring (bicyclic) bond motifs is 11. The minimum absolute atomic E-state index is 0.159. The fourth-order valence-electron chi connectivity index (χ4n) is 10.8. The van der Waals surface area contributed by atoms with Crippen LogP contribution >= 0.6 is 0 Å². The zero-order chi connectivity index (χ0) is 40.3. The van der Waals surface area contributed by atoms with Gasteiger partial charge in [-0.15, -0.1) is 0 Å². The zero-order valence-corrected chi connectivity index (χ0v) is 34.3. The maximum atomic E-state index is 6.53. The van der Waals surface area contributed by atoms with E-state index in [0.717, 1.165) is 44.4 Å². The molecule has 286 valence electrons. The third-order valence-corrected chi connectivity index (χ3v) is 13.6. The summed E-state index contributed by atoms with van der Waals surface area (Å²) in [6.45, 7) is 9.55. The van der Waals surface area contributed by atoms with E-state index in [4.69, 9.17) is 4.42 Å². The summed E-state index contributed by atoms with van der Waals surface area (Å²) >= 11 is 0. The number of furan rings is 1. The fourth-order valence-corrected chi connectivity index (χ4v) is 10.8. The molecule has 0 saturated heterocycles. The molecule has 2 aliphatic rings. The predicted octanol–water partition coefficient (Wildman–Crippen LogP) is 16.2. The first kappa shape index (κ1) is 34.8. The molecule has 1 heterocycles. The Kier molecular flexibility index (Phi) is 7.36. The average Bonchev–Trinajstić information content (AvgIpc) is 3.87. The standard InChI is InChI=1S/C58H43NO/c1-57(2)48-26-13-10-19-41(48)42-34-33-39(35-50(42)57)59(38-31-29-36(30-32-38)40-24-16-25-46-43-20-12-15-28-51(43)60-56(40)46)55-45-22-9-8-21-44(45)54-53(52(55)37-17-6-5-7-18-37)47-23-11-14-27-49(47)58(54,3)4/h5-35H,1-4H3. The second-order valence-corrected chi connectivity index (χ2v) is 17.6. The molecule has 2 heteroatoms. The lowest BCUT2D eigenvalue weighted by Crippen LogP contribution is -2.18. The Morgan fingerprint density at radius 3 is 1.75 bits per heavy atom. The van der Waals surface area contributed by atoms with Gasteiger partial charge in [0.15, 0.2) is 0 Å². The second kappa shape index (κ2) is 12.7. The fraction of sp³-hybridized carbons (Fsp3) is 0.103. The van der Waals surface area contributed by atoms with Crippen molar-refractivity contribution in [2.24, 2.45) is 0 Å². The largest absolute Gasteiger partial charge is 0.455 e. The van der Waals surface area contributed by atoms with E-state index in [-0.39, 0.29) is 10.8 Å². The number of rotatable bonds is 5. The van der Waals surface area contributed by atoms with Crippen LogP contribution in [0.2, 0.25) is 0 Å². The van der Waals surface area contributed by atoms with Crippen LogP contribution in [0.15, 0.2) is 192 Å². The maximum Gasteiger partial charge on any atom is 0.143 e. The summed E-state index contributed by atoms with van der Waals surface area (Å²) in [5.41, 5.74) is 20.3. The quantitative estimate of drug-likeness (QED) is 0.173. The molecule has 0 radical (unpaired) electrons. The van der Waals surface area contributed by atoms with Crippen LogP contribution in [0.5, 0.6) is 0 Å². The molecule has 0 aliphatic heterocycles. The highest BCUT2D eigenvalue weighted by atomic mass is 16.3. The molecule has 9 aromatic carbocycles. The number of nitrogens with zero attached hydrogens (tertiary/aromatic N) is 1. The molecule has 2 aliphatic carbocycles. The highest BCUT2D eigenvalue weighted by molar-refractivity contribution is 6.16. The van der Waals surface area contributed by atoms with Gasteiger partial charge in [-0.2, -0.15) is 0 Å². The van der Waals surface area contributed by atoms with E-state index in [1.807, 2.05) is 6.07 Å². The third-order valence-electron chi connectivity index (χ3n) is 13.6. The van der Waals surface area contributed by atoms with Gasteiger partial charge in [0, 0.05) is 49.5 Å². The first-order chi connectivity index (χ1) is 29.3. The lowest BCUT2D eigenvalue weighted by Gasteiger charge is -2.33. The summed E-state index contributed by atoms with van der Waals surface area (Å²) in [7, 11) is 0. The highest BCUT2D eigenvalue weighted by Crippen LogP contribution is 2.60. The molecule has 0 bridgehead atoms. The van der Waals surface area contributed by atoms with E-state index in [0.29, 0.717) is 0 Å². The second-order valence-electron chi connectivity index (χ2n) is 17.6. The molecule has 0 saturated carbocycles. The summed E-state index contributed by atoms with van der Waals surface area (Å²) in [5.74, 6) is 0. The Morgan fingerprint density at radius 2 is 0.967 bits per heavy atom. The molecule has 0 unspecified atom stereocenters. The minimum Gasteiger partial charge on any atom is -0.455 e. The van der Waals surface area contributed by atoms with E-state index < -0.39 is 0 Å². The van der Waals surface area contributed by atoms with Crippen molar-refractivity contribution < 1.29 is 4.42 Å². The summed E-state index contributed by atoms with van der Waals surface area (Å²) in [5, 5.41) is 4.79.